The fourth-order valence-corrected chi connectivity index (χ4v) is 8.80. The Morgan fingerprint density at radius 3 is 1.81 bits per heavy atom. The molecule has 3 amide bonds. The maximum Gasteiger partial charge on any atom is 0.252 e. The number of nitrogens with one attached hydrogen (secondary N) is 1. The largest absolute Gasteiger partial charge is 0.273 e. The van der Waals surface area contributed by atoms with Crippen LogP contribution in [0.2, 0.25) is 0 Å². The molecule has 6 bridgehead atoms. The number of fused-ring (bicyclic) bond motifs is 3. The minimum Gasteiger partial charge on any atom is -0.273 e. The third kappa shape index (κ3) is 1.67. The van der Waals surface area contributed by atoms with Gasteiger partial charge in [0.05, 0.1) is 17.3 Å². The molecule has 1 aliphatic heterocycles. The summed E-state index contributed by atoms with van der Waals surface area (Å²) in [5.74, 6) is 1.62. The highest BCUT2D eigenvalue weighted by molar-refractivity contribution is 6.08. The second-order valence-electron chi connectivity index (χ2n) is 10.9. The quantitative estimate of drug-likeness (QED) is 0.603. The van der Waals surface area contributed by atoms with Gasteiger partial charge in [-0.15, -0.1) is 0 Å². The second-order valence-corrected chi connectivity index (χ2v) is 10.9. The molecule has 0 aromatic rings. The van der Waals surface area contributed by atoms with Gasteiger partial charge in [0.15, 0.2) is 0 Å². The highest BCUT2D eigenvalue weighted by atomic mass is 16.2. The van der Waals surface area contributed by atoms with Crippen LogP contribution in [-0.2, 0) is 14.4 Å². The van der Waals surface area contributed by atoms with E-state index in [1.807, 2.05) is 0 Å². The maximum atomic E-state index is 13.3. The number of hydrazine groups is 1. The van der Waals surface area contributed by atoms with Crippen molar-refractivity contribution in [1.82, 2.24) is 10.4 Å². The molecule has 5 nitrogen and oxygen atoms in total. The molecule has 0 aromatic carbocycles. The van der Waals surface area contributed by atoms with Crippen molar-refractivity contribution >= 4 is 17.7 Å². The van der Waals surface area contributed by atoms with E-state index in [1.165, 1.54) is 19.3 Å². The van der Waals surface area contributed by atoms with Crippen LogP contribution < -0.4 is 5.43 Å². The first-order chi connectivity index (χ1) is 13.0. The van der Waals surface area contributed by atoms with Gasteiger partial charge in [0.1, 0.15) is 0 Å². The Kier molecular flexibility index (Phi) is 2.55. The van der Waals surface area contributed by atoms with E-state index in [4.69, 9.17) is 0 Å². The van der Waals surface area contributed by atoms with Gasteiger partial charge in [-0.3, -0.25) is 19.8 Å². The first-order valence-electron chi connectivity index (χ1n) is 10.9. The minimum absolute atomic E-state index is 0.0512. The van der Waals surface area contributed by atoms with Crippen LogP contribution in [0.25, 0.3) is 0 Å². The number of carbonyl (C=O) groups is 3. The van der Waals surface area contributed by atoms with E-state index in [-0.39, 0.29) is 52.2 Å². The molecule has 1 heterocycles. The van der Waals surface area contributed by atoms with E-state index in [0.717, 1.165) is 37.1 Å². The summed E-state index contributed by atoms with van der Waals surface area (Å²) >= 11 is 0. The van der Waals surface area contributed by atoms with Crippen LogP contribution in [0.5, 0.6) is 0 Å². The van der Waals surface area contributed by atoms with Crippen molar-refractivity contribution < 1.29 is 14.4 Å². The van der Waals surface area contributed by atoms with E-state index < -0.39 is 0 Å². The molecule has 6 saturated carbocycles. The standard InChI is InChI=1S/C22H26N2O3/c25-18-16-14-1-2-15(22(14)3-4-22)17(16)19(26)24(18)23-20(27)21-8-11-5-12(9-21)7-13(6-11)10-21/h1-2,11-17H,3-10H2,(H,23,27)/t11?,12?,13?,14-,15-,16-,17+,21?/m1/s1. The lowest BCUT2D eigenvalue weighted by atomic mass is 9.49. The Balaban J connectivity index is 1.16. The zero-order chi connectivity index (χ0) is 18.1. The second kappa shape index (κ2) is 4.49. The van der Waals surface area contributed by atoms with E-state index in [9.17, 15) is 14.4 Å². The number of carbonyl (C=O) groups excluding carboxylic acids is 3. The summed E-state index contributed by atoms with van der Waals surface area (Å²) in [4.78, 5) is 39.6. The molecule has 0 unspecified atom stereocenters. The topological polar surface area (TPSA) is 66.5 Å². The molecule has 1 N–H and O–H groups in total. The lowest BCUT2D eigenvalue weighted by molar-refractivity contribution is -0.160. The molecule has 0 aromatic heterocycles. The number of hydrogen-bond donors (Lipinski definition) is 1. The summed E-state index contributed by atoms with van der Waals surface area (Å²) in [6, 6.07) is 0. The Bertz CT molecular complexity index is 756. The van der Waals surface area contributed by atoms with Gasteiger partial charge in [-0.1, -0.05) is 12.2 Å². The molecule has 27 heavy (non-hydrogen) atoms. The molecule has 7 fully saturated rings. The van der Waals surface area contributed by atoms with Crippen molar-refractivity contribution in [3.63, 3.8) is 0 Å². The van der Waals surface area contributed by atoms with Gasteiger partial charge in [-0.05, 0) is 86.4 Å². The fraction of sp³-hybridized carbons (Fsp3) is 0.773. The summed E-state index contributed by atoms with van der Waals surface area (Å²) < 4.78 is 0. The Labute approximate surface area is 158 Å². The lowest BCUT2D eigenvalue weighted by Crippen LogP contribution is -2.58. The Hall–Kier alpha value is -1.65. The van der Waals surface area contributed by atoms with E-state index in [0.29, 0.717) is 17.8 Å². The number of rotatable bonds is 2. The van der Waals surface area contributed by atoms with Crippen molar-refractivity contribution in [2.75, 3.05) is 0 Å². The van der Waals surface area contributed by atoms with Crippen LogP contribution >= 0.6 is 0 Å². The number of amides is 3. The van der Waals surface area contributed by atoms with E-state index in [2.05, 4.69) is 17.6 Å². The van der Waals surface area contributed by atoms with Crippen molar-refractivity contribution in [3.05, 3.63) is 12.2 Å². The Morgan fingerprint density at radius 2 is 1.37 bits per heavy atom. The summed E-state index contributed by atoms with van der Waals surface area (Å²) in [6.07, 6.45) is 13.3. The Morgan fingerprint density at radius 1 is 0.889 bits per heavy atom. The zero-order valence-corrected chi connectivity index (χ0v) is 15.5. The highest BCUT2D eigenvalue weighted by Gasteiger charge is 2.73. The van der Waals surface area contributed by atoms with Crippen LogP contribution in [0.4, 0.5) is 0 Å². The van der Waals surface area contributed by atoms with Crippen molar-refractivity contribution in [3.8, 4) is 0 Å². The molecule has 8 aliphatic rings. The molecule has 8 rings (SSSR count). The zero-order valence-electron chi connectivity index (χ0n) is 15.5. The predicted octanol–water partition coefficient (Wildman–Crippen LogP) is 2.43. The molecule has 1 spiro atoms. The molecule has 5 heteroatoms. The number of hydrogen-bond acceptors (Lipinski definition) is 3. The van der Waals surface area contributed by atoms with Gasteiger partial charge in [0.25, 0.3) is 11.8 Å². The van der Waals surface area contributed by atoms with Gasteiger partial charge in [-0.2, -0.15) is 5.01 Å². The van der Waals surface area contributed by atoms with E-state index >= 15 is 0 Å². The van der Waals surface area contributed by atoms with Gasteiger partial charge in [-0.25, -0.2) is 0 Å². The first-order valence-corrected chi connectivity index (χ1v) is 10.9. The molecule has 7 aliphatic carbocycles. The molecule has 142 valence electrons. The summed E-state index contributed by atoms with van der Waals surface area (Å²) in [6.45, 7) is 0. The van der Waals surface area contributed by atoms with Crippen LogP contribution in [0.3, 0.4) is 0 Å². The number of nitrogens with zero attached hydrogens (tertiary/aromatic N) is 1. The van der Waals surface area contributed by atoms with Crippen molar-refractivity contribution in [2.24, 2.45) is 52.3 Å². The molecular formula is C22H26N2O3. The fourth-order valence-electron chi connectivity index (χ4n) is 8.80. The minimum atomic E-state index is -0.331. The van der Waals surface area contributed by atoms with Crippen LogP contribution in [0, 0.1) is 52.3 Å². The SMILES string of the molecule is O=C1[C@@H]2[C@H](C(=O)N1NC(=O)C13CC4CC(CC(C4)C1)C3)[C@H]1C=C[C@H]2C12CC2. The van der Waals surface area contributed by atoms with Gasteiger partial charge < -0.3 is 0 Å². The number of imide groups is 1. The molecule has 4 atom stereocenters. The monoisotopic (exact) mass is 366 g/mol. The number of allylic oxidation sites excluding steroid dienone is 2. The average molecular weight is 366 g/mol. The highest BCUT2D eigenvalue weighted by Crippen LogP contribution is 2.73. The lowest BCUT2D eigenvalue weighted by Gasteiger charge is -2.55. The van der Waals surface area contributed by atoms with E-state index in [1.54, 1.807) is 0 Å². The van der Waals surface area contributed by atoms with Gasteiger partial charge in [0, 0.05) is 0 Å². The van der Waals surface area contributed by atoms with Crippen LogP contribution in [0.15, 0.2) is 12.2 Å². The van der Waals surface area contributed by atoms with Gasteiger partial charge >= 0.3 is 0 Å². The first kappa shape index (κ1) is 15.3. The predicted molar refractivity (Wildman–Crippen MR) is 95.4 cm³/mol. The van der Waals surface area contributed by atoms with Gasteiger partial charge in [0.2, 0.25) is 5.91 Å². The van der Waals surface area contributed by atoms with Crippen LogP contribution in [-0.4, -0.2) is 22.7 Å². The molecular weight excluding hydrogens is 340 g/mol. The smallest absolute Gasteiger partial charge is 0.252 e. The van der Waals surface area contributed by atoms with Crippen LogP contribution in [0.1, 0.15) is 51.4 Å². The third-order valence-electron chi connectivity index (χ3n) is 9.59. The van der Waals surface area contributed by atoms with Crippen molar-refractivity contribution in [2.45, 2.75) is 51.4 Å². The molecule has 0 radical (unpaired) electrons. The maximum absolute atomic E-state index is 13.3. The normalized spacial score (nSPS) is 52.1. The average Bonchev–Trinajstić information content (AvgIpc) is 3.23. The van der Waals surface area contributed by atoms with Crippen molar-refractivity contribution in [1.29, 1.82) is 0 Å². The summed E-state index contributed by atoms with van der Waals surface area (Å²) in [5, 5.41) is 1.14. The summed E-state index contributed by atoms with van der Waals surface area (Å²) in [5.41, 5.74) is 2.72. The third-order valence-corrected chi connectivity index (χ3v) is 9.59. The summed E-state index contributed by atoms with van der Waals surface area (Å²) in [7, 11) is 0. The molecule has 1 saturated heterocycles.